The average molecular weight is 516 g/mol. The maximum absolute atomic E-state index is 13.1. The largest absolute Gasteiger partial charge is 0.505 e. The number of phenols is 1. The summed E-state index contributed by atoms with van der Waals surface area (Å²) in [5.41, 5.74) is 1.08. The van der Waals surface area contributed by atoms with Crippen molar-refractivity contribution in [2.75, 3.05) is 10.1 Å². The highest BCUT2D eigenvalue weighted by Crippen LogP contribution is 2.42. The molecular formula is C25H20N6O7. The molecule has 1 amide bonds. The highest BCUT2D eigenvalue weighted by Gasteiger charge is 2.33. The molecule has 0 radical (unpaired) electrons. The second-order valence-corrected chi connectivity index (χ2v) is 8.39. The Hall–Kier alpha value is -5.46. The first-order chi connectivity index (χ1) is 18.0. The summed E-state index contributed by atoms with van der Waals surface area (Å²) in [6.07, 6.45) is 0. The number of rotatable bonds is 7. The lowest BCUT2D eigenvalue weighted by atomic mass is 10.0. The normalized spacial score (nSPS) is 14.0. The Bertz CT molecular complexity index is 1580. The summed E-state index contributed by atoms with van der Waals surface area (Å²) in [7, 11) is 0. The van der Waals surface area contributed by atoms with Gasteiger partial charge in [-0.2, -0.15) is 10.1 Å². The Morgan fingerprint density at radius 1 is 1.08 bits per heavy atom. The number of nitro groups is 1. The van der Waals surface area contributed by atoms with Crippen LogP contribution in [-0.2, 0) is 4.79 Å². The van der Waals surface area contributed by atoms with Gasteiger partial charge in [-0.1, -0.05) is 18.2 Å². The zero-order valence-electron chi connectivity index (χ0n) is 20.3. The minimum absolute atomic E-state index is 0.126. The SMILES string of the molecule is CC1=NN(c2ccc(C)c(C)c2)C(=O)C1=NN(N=O)c1cc([N+](=O)[O-])cc(-c2cccc(C(=O)O)c2)c1O. The van der Waals surface area contributed by atoms with Gasteiger partial charge < -0.3 is 10.2 Å². The van der Waals surface area contributed by atoms with Crippen LogP contribution in [0.4, 0.5) is 17.1 Å². The first-order valence-electron chi connectivity index (χ1n) is 11.1. The first kappa shape index (κ1) is 25.6. The molecule has 0 spiro atoms. The van der Waals surface area contributed by atoms with E-state index in [4.69, 9.17) is 0 Å². The van der Waals surface area contributed by atoms with Gasteiger partial charge >= 0.3 is 11.9 Å². The number of aromatic hydroxyl groups is 1. The van der Waals surface area contributed by atoms with E-state index >= 15 is 0 Å². The van der Waals surface area contributed by atoms with Crippen LogP contribution in [0.5, 0.6) is 5.75 Å². The molecule has 2 N–H and O–H groups in total. The van der Waals surface area contributed by atoms with Crippen LogP contribution in [0.3, 0.4) is 0 Å². The molecule has 1 heterocycles. The minimum Gasteiger partial charge on any atom is -0.505 e. The van der Waals surface area contributed by atoms with Crippen molar-refractivity contribution in [3.8, 4) is 16.9 Å². The Morgan fingerprint density at radius 2 is 1.82 bits per heavy atom. The molecule has 0 bridgehead atoms. The van der Waals surface area contributed by atoms with Crippen LogP contribution in [0, 0.1) is 28.9 Å². The minimum atomic E-state index is -1.25. The van der Waals surface area contributed by atoms with Crippen molar-refractivity contribution in [2.45, 2.75) is 20.8 Å². The molecule has 13 nitrogen and oxygen atoms in total. The number of hydrogen-bond acceptors (Lipinski definition) is 9. The summed E-state index contributed by atoms with van der Waals surface area (Å²) < 4.78 is 0. The molecule has 3 aromatic rings. The Kier molecular flexibility index (Phi) is 6.67. The molecule has 0 saturated heterocycles. The number of carboxylic acid groups (broad SMARTS) is 1. The van der Waals surface area contributed by atoms with Crippen molar-refractivity contribution in [1.82, 2.24) is 0 Å². The van der Waals surface area contributed by atoms with Crippen LogP contribution < -0.4 is 10.1 Å². The molecule has 38 heavy (non-hydrogen) atoms. The third kappa shape index (κ3) is 4.67. The molecule has 0 aromatic heterocycles. The van der Waals surface area contributed by atoms with Gasteiger partial charge in [0.2, 0.25) is 0 Å². The number of benzene rings is 3. The fraction of sp³-hybridized carbons (Fsp3) is 0.120. The summed E-state index contributed by atoms with van der Waals surface area (Å²) in [6, 6.07) is 12.5. The number of nitro benzene ring substituents is 1. The number of hydrazone groups is 2. The van der Waals surface area contributed by atoms with E-state index in [2.05, 4.69) is 15.5 Å². The maximum atomic E-state index is 13.1. The van der Waals surface area contributed by atoms with E-state index in [9.17, 15) is 34.8 Å². The third-order valence-corrected chi connectivity index (χ3v) is 5.92. The van der Waals surface area contributed by atoms with Crippen molar-refractivity contribution in [2.24, 2.45) is 15.5 Å². The number of hydrogen-bond donors (Lipinski definition) is 2. The number of carbonyl (C=O) groups excluding carboxylic acids is 1. The summed E-state index contributed by atoms with van der Waals surface area (Å²) in [5, 5.41) is 44.2. The van der Waals surface area contributed by atoms with Gasteiger partial charge in [-0.3, -0.25) is 14.9 Å². The first-order valence-corrected chi connectivity index (χ1v) is 11.1. The lowest BCUT2D eigenvalue weighted by Crippen LogP contribution is -2.29. The topological polar surface area (TPSA) is 178 Å². The quantitative estimate of drug-likeness (QED) is 0.261. The molecule has 3 aromatic carbocycles. The van der Waals surface area contributed by atoms with Crippen LogP contribution in [0.25, 0.3) is 11.1 Å². The van der Waals surface area contributed by atoms with Crippen molar-refractivity contribution >= 4 is 40.4 Å². The lowest BCUT2D eigenvalue weighted by Gasteiger charge is -2.15. The van der Waals surface area contributed by atoms with Crippen molar-refractivity contribution in [3.05, 3.63) is 86.3 Å². The second-order valence-electron chi connectivity index (χ2n) is 8.39. The molecule has 1 aliphatic rings. The van der Waals surface area contributed by atoms with E-state index in [1.807, 2.05) is 19.9 Å². The van der Waals surface area contributed by atoms with E-state index in [1.54, 1.807) is 12.1 Å². The highest BCUT2D eigenvalue weighted by atomic mass is 16.6. The van der Waals surface area contributed by atoms with Crippen LogP contribution >= 0.6 is 0 Å². The number of nitrogens with zero attached hydrogens (tertiary/aromatic N) is 6. The Labute approximate surface area is 215 Å². The van der Waals surface area contributed by atoms with Crippen LogP contribution in [0.15, 0.2) is 70.1 Å². The number of phenolic OH excluding ortho intramolecular Hbond substituents is 1. The van der Waals surface area contributed by atoms with Gasteiger partial charge in [0.1, 0.15) is 5.69 Å². The maximum Gasteiger partial charge on any atom is 0.335 e. The molecule has 0 saturated carbocycles. The van der Waals surface area contributed by atoms with E-state index in [1.165, 1.54) is 31.2 Å². The Morgan fingerprint density at radius 3 is 2.45 bits per heavy atom. The van der Waals surface area contributed by atoms with E-state index in [-0.39, 0.29) is 28.1 Å². The molecule has 0 fully saturated rings. The van der Waals surface area contributed by atoms with E-state index in [0.29, 0.717) is 10.8 Å². The number of amides is 1. The van der Waals surface area contributed by atoms with Gasteiger partial charge in [0.15, 0.2) is 11.5 Å². The van der Waals surface area contributed by atoms with E-state index < -0.39 is 33.9 Å². The number of nitroso groups, excluding NO2 is 1. The van der Waals surface area contributed by atoms with Gasteiger partial charge in [0.25, 0.3) is 5.69 Å². The summed E-state index contributed by atoms with van der Waals surface area (Å²) >= 11 is 0. The fourth-order valence-electron chi connectivity index (χ4n) is 3.76. The number of aryl methyl sites for hydroxylation is 2. The van der Waals surface area contributed by atoms with Crippen LogP contribution in [0.2, 0.25) is 0 Å². The molecule has 4 rings (SSSR count). The molecule has 0 unspecified atom stereocenters. The van der Waals surface area contributed by atoms with Gasteiger partial charge in [0.05, 0.1) is 27.2 Å². The molecule has 0 aliphatic carbocycles. The number of aromatic carboxylic acids is 1. The van der Waals surface area contributed by atoms with Gasteiger partial charge in [-0.05, 0) is 61.7 Å². The van der Waals surface area contributed by atoms with Crippen molar-refractivity contribution < 1.29 is 24.7 Å². The molecule has 13 heteroatoms. The third-order valence-electron chi connectivity index (χ3n) is 5.92. The van der Waals surface area contributed by atoms with E-state index in [0.717, 1.165) is 28.3 Å². The fourth-order valence-corrected chi connectivity index (χ4v) is 3.76. The number of carboxylic acids is 1. The molecule has 192 valence electrons. The highest BCUT2D eigenvalue weighted by molar-refractivity contribution is 6.71. The average Bonchev–Trinajstić information content (AvgIpc) is 3.17. The molecule has 1 aliphatic heterocycles. The lowest BCUT2D eigenvalue weighted by molar-refractivity contribution is -0.384. The summed E-state index contributed by atoms with van der Waals surface area (Å²) in [6.45, 7) is 5.27. The number of carbonyl (C=O) groups is 2. The summed E-state index contributed by atoms with van der Waals surface area (Å²) in [4.78, 5) is 47.2. The number of non-ortho nitro benzene ring substituents is 1. The molecule has 0 atom stereocenters. The molecular weight excluding hydrogens is 496 g/mol. The summed E-state index contributed by atoms with van der Waals surface area (Å²) in [5.74, 6) is -2.57. The zero-order valence-corrected chi connectivity index (χ0v) is 20.3. The standard InChI is InChI=1S/C25H20N6O7/c1-13-7-8-18(9-14(13)2)29-24(33)22(15(3)26-29)27-30(28-36)21-12-19(31(37)38)11-20(23(21)32)16-5-4-6-17(10-16)25(34)35/h4-12,32H,1-3H3,(H,34,35). The van der Waals surface area contributed by atoms with Crippen molar-refractivity contribution in [3.63, 3.8) is 0 Å². The number of anilines is 2. The van der Waals surface area contributed by atoms with Gasteiger partial charge in [-0.25, -0.2) is 4.79 Å². The predicted molar refractivity (Wildman–Crippen MR) is 139 cm³/mol. The predicted octanol–water partition coefficient (Wildman–Crippen LogP) is 4.55. The van der Waals surface area contributed by atoms with Crippen molar-refractivity contribution in [1.29, 1.82) is 0 Å². The van der Waals surface area contributed by atoms with Crippen LogP contribution in [0.1, 0.15) is 28.4 Å². The van der Waals surface area contributed by atoms with Gasteiger partial charge in [0, 0.05) is 17.7 Å². The second kappa shape index (κ2) is 9.89. The van der Waals surface area contributed by atoms with Crippen LogP contribution in [-0.4, -0.2) is 38.4 Å². The Balaban J connectivity index is 1.80. The zero-order chi connectivity index (χ0) is 27.7. The van der Waals surface area contributed by atoms with Gasteiger partial charge in [-0.15, -0.1) is 15.1 Å². The smallest absolute Gasteiger partial charge is 0.335 e. The monoisotopic (exact) mass is 516 g/mol.